The van der Waals surface area contributed by atoms with Crippen molar-refractivity contribution < 1.29 is 13.9 Å². The molecule has 1 unspecified atom stereocenters. The van der Waals surface area contributed by atoms with E-state index in [1.807, 2.05) is 0 Å². The van der Waals surface area contributed by atoms with Crippen LogP contribution in [-0.4, -0.2) is 31.6 Å². The minimum atomic E-state index is -0.512. The number of carbonyl (C=O) groups excluding carboxylic acids is 1. The average molecular weight is 258 g/mol. The van der Waals surface area contributed by atoms with E-state index in [0.29, 0.717) is 25.2 Å². The second kappa shape index (κ2) is 5.58. The molecule has 17 heavy (non-hydrogen) atoms. The summed E-state index contributed by atoms with van der Waals surface area (Å²) in [7, 11) is 0. The van der Waals surface area contributed by atoms with Crippen LogP contribution in [-0.2, 0) is 4.74 Å². The molecule has 1 aromatic rings. The summed E-state index contributed by atoms with van der Waals surface area (Å²) in [6, 6.07) is 4.05. The van der Waals surface area contributed by atoms with Gasteiger partial charge in [0.2, 0.25) is 0 Å². The highest BCUT2D eigenvalue weighted by Crippen LogP contribution is 2.17. The third-order valence-electron chi connectivity index (χ3n) is 2.67. The Kier molecular flexibility index (Phi) is 4.10. The van der Waals surface area contributed by atoms with Gasteiger partial charge in [0.1, 0.15) is 5.82 Å². The minimum absolute atomic E-state index is 0.0243. The largest absolute Gasteiger partial charge is 0.378 e. The smallest absolute Gasteiger partial charge is 0.164 e. The number of ether oxygens (including phenoxy) is 1. The molecule has 0 aliphatic carbocycles. The molecule has 1 N–H and O–H groups in total. The zero-order valence-corrected chi connectivity index (χ0v) is 9.97. The van der Waals surface area contributed by atoms with Crippen LogP contribution in [0.1, 0.15) is 16.8 Å². The summed E-state index contributed by atoms with van der Waals surface area (Å²) in [5, 5.41) is 3.17. The highest BCUT2D eigenvalue weighted by Gasteiger charge is 2.18. The van der Waals surface area contributed by atoms with Crippen molar-refractivity contribution >= 4 is 17.4 Å². The van der Waals surface area contributed by atoms with Gasteiger partial charge in [-0.2, -0.15) is 0 Å². The van der Waals surface area contributed by atoms with Crippen LogP contribution in [0.15, 0.2) is 18.2 Å². The van der Waals surface area contributed by atoms with Gasteiger partial charge in [0.15, 0.2) is 5.78 Å². The molecule has 1 aromatic carbocycles. The standard InChI is InChI=1S/C12H13ClFNO2/c13-10-5-8(1-2-11(10)14)12(16)6-9-7-17-4-3-15-9/h1-2,5,9,15H,3-4,6-7H2. The van der Waals surface area contributed by atoms with Gasteiger partial charge in [-0.3, -0.25) is 4.79 Å². The first-order chi connectivity index (χ1) is 8.16. The molecule has 1 fully saturated rings. The van der Waals surface area contributed by atoms with Crippen molar-refractivity contribution in [1.29, 1.82) is 0 Å². The van der Waals surface area contributed by atoms with E-state index in [4.69, 9.17) is 16.3 Å². The molecule has 0 bridgehead atoms. The molecular formula is C12H13ClFNO2. The monoisotopic (exact) mass is 257 g/mol. The Balaban J connectivity index is 2.01. The highest BCUT2D eigenvalue weighted by atomic mass is 35.5. The topological polar surface area (TPSA) is 38.3 Å². The zero-order valence-electron chi connectivity index (χ0n) is 9.21. The summed E-state index contributed by atoms with van der Waals surface area (Å²) in [6.07, 6.45) is 0.335. The lowest BCUT2D eigenvalue weighted by Crippen LogP contribution is -2.42. The Morgan fingerprint density at radius 1 is 1.59 bits per heavy atom. The van der Waals surface area contributed by atoms with Crippen molar-refractivity contribution in [1.82, 2.24) is 5.32 Å². The summed E-state index contributed by atoms with van der Waals surface area (Å²) >= 11 is 5.63. The lowest BCUT2D eigenvalue weighted by molar-refractivity contribution is 0.0676. The number of benzene rings is 1. The van der Waals surface area contributed by atoms with Crippen molar-refractivity contribution in [2.75, 3.05) is 19.8 Å². The van der Waals surface area contributed by atoms with Gasteiger partial charge in [-0.05, 0) is 18.2 Å². The first-order valence-electron chi connectivity index (χ1n) is 5.46. The van der Waals surface area contributed by atoms with Crippen molar-refractivity contribution in [3.63, 3.8) is 0 Å². The number of morpholine rings is 1. The molecule has 1 aliphatic heterocycles. The molecule has 1 saturated heterocycles. The molecule has 1 atom stereocenters. The van der Waals surface area contributed by atoms with E-state index in [0.717, 1.165) is 6.54 Å². The minimum Gasteiger partial charge on any atom is -0.378 e. The van der Waals surface area contributed by atoms with Gasteiger partial charge in [0.25, 0.3) is 0 Å². The van der Waals surface area contributed by atoms with Gasteiger partial charge in [0, 0.05) is 24.6 Å². The summed E-state index contributed by atoms with van der Waals surface area (Å²) in [6.45, 7) is 1.95. The Morgan fingerprint density at radius 2 is 2.41 bits per heavy atom. The van der Waals surface area contributed by atoms with Crippen molar-refractivity contribution in [2.45, 2.75) is 12.5 Å². The maximum atomic E-state index is 12.9. The van der Waals surface area contributed by atoms with Crippen LogP contribution in [0.5, 0.6) is 0 Å². The van der Waals surface area contributed by atoms with Crippen LogP contribution >= 0.6 is 11.6 Å². The van der Waals surface area contributed by atoms with E-state index in [2.05, 4.69) is 5.32 Å². The molecule has 2 rings (SSSR count). The number of rotatable bonds is 3. The van der Waals surface area contributed by atoms with Crippen LogP contribution in [0.2, 0.25) is 5.02 Å². The first-order valence-corrected chi connectivity index (χ1v) is 5.84. The SMILES string of the molecule is O=C(CC1COCCN1)c1ccc(F)c(Cl)c1. The van der Waals surface area contributed by atoms with Crippen LogP contribution in [0, 0.1) is 5.82 Å². The number of nitrogens with one attached hydrogen (secondary N) is 1. The molecule has 3 nitrogen and oxygen atoms in total. The van der Waals surface area contributed by atoms with E-state index in [-0.39, 0.29) is 16.8 Å². The Morgan fingerprint density at radius 3 is 3.06 bits per heavy atom. The molecule has 5 heteroatoms. The molecule has 1 heterocycles. The second-order valence-corrected chi connectivity index (χ2v) is 4.39. The summed E-state index contributed by atoms with van der Waals surface area (Å²) < 4.78 is 18.2. The van der Waals surface area contributed by atoms with Gasteiger partial charge >= 0.3 is 0 Å². The highest BCUT2D eigenvalue weighted by molar-refractivity contribution is 6.31. The maximum absolute atomic E-state index is 12.9. The molecule has 0 radical (unpaired) electrons. The molecular weight excluding hydrogens is 245 g/mol. The van der Waals surface area contributed by atoms with Crippen molar-refractivity contribution in [3.05, 3.63) is 34.6 Å². The number of hydrogen-bond donors (Lipinski definition) is 1. The fraction of sp³-hybridized carbons (Fsp3) is 0.417. The predicted octanol–water partition coefficient (Wildman–Crippen LogP) is 2.04. The van der Waals surface area contributed by atoms with E-state index in [1.165, 1.54) is 18.2 Å². The zero-order chi connectivity index (χ0) is 12.3. The van der Waals surface area contributed by atoms with E-state index < -0.39 is 5.82 Å². The average Bonchev–Trinajstić information content (AvgIpc) is 2.34. The fourth-order valence-electron chi connectivity index (χ4n) is 1.76. The first kappa shape index (κ1) is 12.5. The van der Waals surface area contributed by atoms with Crippen LogP contribution in [0.3, 0.4) is 0 Å². The van der Waals surface area contributed by atoms with Gasteiger partial charge in [0.05, 0.1) is 18.2 Å². The second-order valence-electron chi connectivity index (χ2n) is 3.98. The van der Waals surface area contributed by atoms with E-state index >= 15 is 0 Å². The van der Waals surface area contributed by atoms with Gasteiger partial charge in [-0.25, -0.2) is 4.39 Å². The van der Waals surface area contributed by atoms with E-state index in [1.54, 1.807) is 0 Å². The van der Waals surface area contributed by atoms with E-state index in [9.17, 15) is 9.18 Å². The summed E-state index contributed by atoms with van der Waals surface area (Å²) in [5.74, 6) is -0.572. The van der Waals surface area contributed by atoms with Gasteiger partial charge < -0.3 is 10.1 Å². The fourth-order valence-corrected chi connectivity index (χ4v) is 1.94. The number of Topliss-reactive ketones (excluding diaryl/α,β-unsaturated/α-hetero) is 1. The molecule has 0 spiro atoms. The third-order valence-corrected chi connectivity index (χ3v) is 2.96. The molecule has 0 amide bonds. The Bertz CT molecular complexity index is 419. The maximum Gasteiger partial charge on any atom is 0.164 e. The molecule has 0 saturated carbocycles. The van der Waals surface area contributed by atoms with Gasteiger partial charge in [-0.1, -0.05) is 11.6 Å². The van der Waals surface area contributed by atoms with Crippen LogP contribution in [0.25, 0.3) is 0 Å². The number of hydrogen-bond acceptors (Lipinski definition) is 3. The number of halogens is 2. The quantitative estimate of drug-likeness (QED) is 0.843. The van der Waals surface area contributed by atoms with Crippen LogP contribution in [0.4, 0.5) is 4.39 Å². The lowest BCUT2D eigenvalue weighted by Gasteiger charge is -2.23. The van der Waals surface area contributed by atoms with Gasteiger partial charge in [-0.15, -0.1) is 0 Å². The number of ketones is 1. The molecule has 92 valence electrons. The molecule has 0 aromatic heterocycles. The van der Waals surface area contributed by atoms with Crippen molar-refractivity contribution in [3.8, 4) is 0 Å². The van der Waals surface area contributed by atoms with Crippen LogP contribution < -0.4 is 5.32 Å². The summed E-state index contributed by atoms with van der Waals surface area (Å²) in [5.41, 5.74) is 0.434. The lowest BCUT2D eigenvalue weighted by atomic mass is 10.0. The Labute approximate surface area is 104 Å². The summed E-state index contributed by atoms with van der Waals surface area (Å²) in [4.78, 5) is 11.9. The normalized spacial score (nSPS) is 20.2. The third kappa shape index (κ3) is 3.25. The van der Waals surface area contributed by atoms with Crippen molar-refractivity contribution in [2.24, 2.45) is 0 Å². The Hall–Kier alpha value is -0.970. The predicted molar refractivity (Wildman–Crippen MR) is 63.0 cm³/mol. The molecule has 1 aliphatic rings. The number of carbonyl (C=O) groups is 1.